The predicted octanol–water partition coefficient (Wildman–Crippen LogP) is 3.19. The van der Waals surface area contributed by atoms with Crippen LogP contribution in [0.4, 0.5) is 4.39 Å². The van der Waals surface area contributed by atoms with E-state index in [-0.39, 0.29) is 52.5 Å². The van der Waals surface area contributed by atoms with Crippen LogP contribution in [0, 0.1) is 12.7 Å². The number of rotatable bonds is 5. The fourth-order valence-corrected chi connectivity index (χ4v) is 4.48. The van der Waals surface area contributed by atoms with Crippen molar-refractivity contribution in [3.05, 3.63) is 87.0 Å². The second kappa shape index (κ2) is 10.1. The highest BCUT2D eigenvalue weighted by molar-refractivity contribution is 5.97. The van der Waals surface area contributed by atoms with Gasteiger partial charge >= 0.3 is 5.97 Å². The van der Waals surface area contributed by atoms with Crippen LogP contribution in [0.15, 0.2) is 58.4 Å². The number of carbonyl (C=O) groups excluding carboxylic acids is 2. The lowest BCUT2D eigenvalue weighted by Gasteiger charge is -2.18. The Morgan fingerprint density at radius 2 is 2.00 bits per heavy atom. The highest BCUT2D eigenvalue weighted by Crippen LogP contribution is 2.18. The third-order valence-electron chi connectivity index (χ3n) is 6.31. The number of amides is 1. The molecule has 3 aromatic heterocycles. The van der Waals surface area contributed by atoms with Crippen molar-refractivity contribution < 1.29 is 23.5 Å². The van der Waals surface area contributed by atoms with E-state index < -0.39 is 17.7 Å². The van der Waals surface area contributed by atoms with Crippen molar-refractivity contribution in [1.82, 2.24) is 14.0 Å². The first kappa shape index (κ1) is 24.5. The smallest absolute Gasteiger partial charge is 0.341 e. The third-order valence-corrected chi connectivity index (χ3v) is 6.31. The van der Waals surface area contributed by atoms with Gasteiger partial charge in [-0.15, -0.1) is 0 Å². The Bertz CT molecular complexity index is 1650. The number of halogens is 1. The molecule has 5 rings (SSSR count). The molecule has 0 saturated carbocycles. The zero-order chi connectivity index (χ0) is 26.1. The summed E-state index contributed by atoms with van der Waals surface area (Å²) in [6.07, 6.45) is 3.01. The molecule has 1 aliphatic heterocycles. The molecule has 0 unspecified atom stereocenters. The number of hydrogen-bond donors (Lipinski definition) is 0. The molecule has 1 fully saturated rings. The Hall–Kier alpha value is -4.18. The van der Waals surface area contributed by atoms with Crippen molar-refractivity contribution in [3.63, 3.8) is 0 Å². The van der Waals surface area contributed by atoms with Crippen molar-refractivity contribution in [2.24, 2.45) is 4.99 Å². The van der Waals surface area contributed by atoms with Gasteiger partial charge in [0.15, 0.2) is 5.49 Å². The van der Waals surface area contributed by atoms with E-state index in [2.05, 4.69) is 4.99 Å². The van der Waals surface area contributed by atoms with E-state index in [1.54, 1.807) is 23.8 Å². The van der Waals surface area contributed by atoms with Crippen molar-refractivity contribution in [2.45, 2.75) is 39.3 Å². The first-order valence-electron chi connectivity index (χ1n) is 12.1. The van der Waals surface area contributed by atoms with Gasteiger partial charge in [0.05, 0.1) is 24.6 Å². The van der Waals surface area contributed by atoms with Gasteiger partial charge in [0.1, 0.15) is 22.7 Å². The number of esters is 1. The number of fused-ring (bicyclic) bond motifs is 2. The van der Waals surface area contributed by atoms with Crippen LogP contribution in [-0.4, -0.2) is 45.1 Å². The molecule has 1 aromatic carbocycles. The van der Waals surface area contributed by atoms with Gasteiger partial charge in [0.25, 0.3) is 11.5 Å². The minimum Gasteiger partial charge on any atom is -0.462 e. The second-order valence-corrected chi connectivity index (χ2v) is 8.81. The van der Waals surface area contributed by atoms with Gasteiger partial charge in [-0.05, 0) is 68.7 Å². The van der Waals surface area contributed by atoms with Crippen LogP contribution in [0.5, 0.6) is 0 Å². The SMILES string of the molecule is CCOC(=O)c1cc2c(=O)n3cccc(C)c3nc2n(C[C@@H]2CCCO2)c1=NC(=O)c1ccc(F)cc1. The monoisotopic (exact) mass is 504 g/mol. The molecule has 1 saturated heterocycles. The molecule has 0 aliphatic carbocycles. The average Bonchev–Trinajstić information content (AvgIpc) is 3.40. The largest absolute Gasteiger partial charge is 0.462 e. The summed E-state index contributed by atoms with van der Waals surface area (Å²) in [5, 5.41) is 0.178. The first-order valence-corrected chi connectivity index (χ1v) is 12.1. The summed E-state index contributed by atoms with van der Waals surface area (Å²) < 4.78 is 27.5. The van der Waals surface area contributed by atoms with Crippen LogP contribution < -0.4 is 11.0 Å². The fourth-order valence-electron chi connectivity index (χ4n) is 4.48. The van der Waals surface area contributed by atoms with Gasteiger partial charge in [0.2, 0.25) is 0 Å². The lowest BCUT2D eigenvalue weighted by molar-refractivity contribution is 0.0521. The molecule has 0 bridgehead atoms. The number of benzene rings is 1. The van der Waals surface area contributed by atoms with Gasteiger partial charge < -0.3 is 14.0 Å². The average molecular weight is 505 g/mol. The van der Waals surface area contributed by atoms with E-state index in [4.69, 9.17) is 14.5 Å². The summed E-state index contributed by atoms with van der Waals surface area (Å²) >= 11 is 0. The molecule has 0 radical (unpaired) electrons. The van der Waals surface area contributed by atoms with Gasteiger partial charge in [-0.2, -0.15) is 4.99 Å². The van der Waals surface area contributed by atoms with Crippen LogP contribution in [0.1, 0.15) is 46.0 Å². The predicted molar refractivity (Wildman–Crippen MR) is 133 cm³/mol. The Morgan fingerprint density at radius 1 is 1.22 bits per heavy atom. The summed E-state index contributed by atoms with van der Waals surface area (Å²) in [4.78, 5) is 48.8. The van der Waals surface area contributed by atoms with Crippen molar-refractivity contribution in [1.29, 1.82) is 0 Å². The maximum Gasteiger partial charge on any atom is 0.341 e. The summed E-state index contributed by atoms with van der Waals surface area (Å²) in [6, 6.07) is 9.92. The molecule has 37 heavy (non-hydrogen) atoms. The molecule has 4 aromatic rings. The molecule has 190 valence electrons. The summed E-state index contributed by atoms with van der Waals surface area (Å²) in [7, 11) is 0. The molecule has 0 spiro atoms. The number of hydrogen-bond acceptors (Lipinski definition) is 6. The van der Waals surface area contributed by atoms with E-state index in [0.717, 1.165) is 30.5 Å². The van der Waals surface area contributed by atoms with E-state index in [9.17, 15) is 18.8 Å². The van der Waals surface area contributed by atoms with Crippen LogP contribution in [-0.2, 0) is 16.0 Å². The molecule has 1 atom stereocenters. The molecule has 1 aliphatic rings. The highest BCUT2D eigenvalue weighted by atomic mass is 19.1. The first-order chi connectivity index (χ1) is 17.9. The van der Waals surface area contributed by atoms with Crippen molar-refractivity contribution in [3.8, 4) is 0 Å². The molecule has 0 N–H and O–H groups in total. The maximum absolute atomic E-state index is 13.5. The number of aryl methyl sites for hydroxylation is 1. The molecular formula is C27H25FN4O5. The summed E-state index contributed by atoms with van der Waals surface area (Å²) in [5.74, 6) is -1.90. The third kappa shape index (κ3) is 4.67. The normalized spacial score (nSPS) is 16.0. The fraction of sp³-hybridized carbons (Fsp3) is 0.296. The van der Waals surface area contributed by atoms with Gasteiger partial charge in [-0.1, -0.05) is 6.07 Å². The summed E-state index contributed by atoms with van der Waals surface area (Å²) in [5.41, 5.74) is 1.22. The van der Waals surface area contributed by atoms with E-state index in [1.165, 1.54) is 22.6 Å². The Labute approximate surface area is 210 Å². The van der Waals surface area contributed by atoms with Gasteiger partial charge in [0, 0.05) is 18.4 Å². The molecule has 9 nitrogen and oxygen atoms in total. The zero-order valence-corrected chi connectivity index (χ0v) is 20.4. The minimum absolute atomic E-state index is 0.000564. The number of ether oxygens (including phenoxy) is 2. The second-order valence-electron chi connectivity index (χ2n) is 8.81. The lowest BCUT2D eigenvalue weighted by Crippen LogP contribution is -2.35. The quantitative estimate of drug-likeness (QED) is 0.305. The Kier molecular flexibility index (Phi) is 6.66. The molecule has 1 amide bonds. The van der Waals surface area contributed by atoms with Crippen LogP contribution >= 0.6 is 0 Å². The van der Waals surface area contributed by atoms with Crippen molar-refractivity contribution >= 4 is 28.6 Å². The lowest BCUT2D eigenvalue weighted by atomic mass is 10.1. The number of pyridine rings is 2. The van der Waals surface area contributed by atoms with Crippen molar-refractivity contribution in [2.75, 3.05) is 13.2 Å². The van der Waals surface area contributed by atoms with E-state index >= 15 is 0 Å². The number of aromatic nitrogens is 3. The van der Waals surface area contributed by atoms with Gasteiger partial charge in [-0.3, -0.25) is 14.0 Å². The standard InChI is InChI=1S/C27H25FN4O5/c1-3-36-27(35)21-14-20-23(29-22-16(2)6-4-12-31(22)26(20)34)32(15-19-7-5-13-37-19)24(21)30-25(33)17-8-10-18(28)11-9-17/h4,6,8-12,14,19H,3,5,7,13,15H2,1-2H3/t19-/m0/s1. The molecular weight excluding hydrogens is 479 g/mol. The maximum atomic E-state index is 13.5. The Morgan fingerprint density at radius 3 is 2.70 bits per heavy atom. The number of nitrogens with zero attached hydrogens (tertiary/aromatic N) is 4. The Balaban J connectivity index is 1.87. The summed E-state index contributed by atoms with van der Waals surface area (Å²) in [6.45, 7) is 4.39. The van der Waals surface area contributed by atoms with Crippen LogP contribution in [0.2, 0.25) is 0 Å². The van der Waals surface area contributed by atoms with Crippen LogP contribution in [0.3, 0.4) is 0 Å². The highest BCUT2D eigenvalue weighted by Gasteiger charge is 2.24. The van der Waals surface area contributed by atoms with E-state index in [0.29, 0.717) is 12.3 Å². The topological polar surface area (TPSA) is 104 Å². The number of carbonyl (C=O) groups is 2. The van der Waals surface area contributed by atoms with Gasteiger partial charge in [-0.25, -0.2) is 14.2 Å². The van der Waals surface area contributed by atoms with Crippen LogP contribution in [0.25, 0.3) is 16.7 Å². The molecule has 4 heterocycles. The minimum atomic E-state index is -0.732. The molecule has 10 heteroatoms. The van der Waals surface area contributed by atoms with E-state index in [1.807, 2.05) is 13.0 Å². The zero-order valence-electron chi connectivity index (χ0n) is 20.4.